The summed E-state index contributed by atoms with van der Waals surface area (Å²) in [6, 6.07) is 2.53. The molecule has 1 fully saturated rings. The minimum atomic E-state index is -0.945. The highest BCUT2D eigenvalue weighted by molar-refractivity contribution is 6.77. The topological polar surface area (TPSA) is 20.2 Å². The second-order valence-corrected chi connectivity index (χ2v) is 9.69. The van der Waals surface area contributed by atoms with E-state index in [1.54, 1.807) is 0 Å². The van der Waals surface area contributed by atoms with E-state index in [0.29, 0.717) is 5.92 Å². The van der Waals surface area contributed by atoms with Crippen molar-refractivity contribution in [2.75, 3.05) is 0 Å². The molecule has 0 aromatic carbocycles. The average molecular weight is 158 g/mol. The van der Waals surface area contributed by atoms with Crippen molar-refractivity contribution in [3.8, 4) is 0 Å². The van der Waals surface area contributed by atoms with Gasteiger partial charge >= 0.3 is 0 Å². The van der Waals surface area contributed by atoms with Gasteiger partial charge in [-0.25, -0.2) is 0 Å². The van der Waals surface area contributed by atoms with Crippen LogP contribution in [0, 0.1) is 5.92 Å². The zero-order valence-corrected chi connectivity index (χ0v) is 8.22. The summed E-state index contributed by atoms with van der Waals surface area (Å²) in [4.78, 5) is 0. The van der Waals surface area contributed by atoms with Crippen LogP contribution in [0.2, 0.25) is 25.2 Å². The van der Waals surface area contributed by atoms with Crippen molar-refractivity contribution in [1.82, 2.24) is 0 Å². The van der Waals surface area contributed by atoms with E-state index in [0.717, 1.165) is 6.04 Å². The van der Waals surface area contributed by atoms with Gasteiger partial charge in [-0.3, -0.25) is 0 Å². The van der Waals surface area contributed by atoms with E-state index >= 15 is 0 Å². The maximum Gasteiger partial charge on any atom is 0.0542 e. The van der Waals surface area contributed by atoms with Crippen LogP contribution in [0.3, 0.4) is 0 Å². The maximum atomic E-state index is 9.55. The number of aliphatic hydroxyl groups excluding tert-OH is 1. The van der Waals surface area contributed by atoms with Crippen LogP contribution in [-0.2, 0) is 0 Å². The van der Waals surface area contributed by atoms with Gasteiger partial charge in [0, 0.05) is 8.07 Å². The maximum absolute atomic E-state index is 9.55. The van der Waals surface area contributed by atoms with E-state index in [-0.39, 0.29) is 6.10 Å². The van der Waals surface area contributed by atoms with Crippen molar-refractivity contribution in [3.05, 3.63) is 0 Å². The molecular weight excluding hydrogens is 140 g/mol. The van der Waals surface area contributed by atoms with Crippen molar-refractivity contribution < 1.29 is 5.11 Å². The lowest BCUT2D eigenvalue weighted by molar-refractivity contribution is 0.124. The molecule has 0 aliphatic carbocycles. The summed E-state index contributed by atoms with van der Waals surface area (Å²) in [5, 5.41) is 9.55. The van der Waals surface area contributed by atoms with Crippen LogP contribution in [0.4, 0.5) is 0 Å². The van der Waals surface area contributed by atoms with Crippen LogP contribution in [-0.4, -0.2) is 19.3 Å². The molecule has 1 aliphatic rings. The molecule has 0 aromatic rings. The molecule has 0 spiro atoms. The molecule has 0 radical (unpaired) electrons. The second-order valence-electron chi connectivity index (χ2n) is 4.45. The smallest absolute Gasteiger partial charge is 0.0542 e. The molecule has 1 heterocycles. The van der Waals surface area contributed by atoms with Gasteiger partial charge in [0.15, 0.2) is 0 Å². The number of hydrogen-bond donors (Lipinski definition) is 1. The first-order valence-corrected chi connectivity index (χ1v) is 7.61. The van der Waals surface area contributed by atoms with Crippen LogP contribution in [0.1, 0.15) is 13.3 Å². The Hall–Kier alpha value is 0.177. The highest BCUT2D eigenvalue weighted by Crippen LogP contribution is 2.31. The summed E-state index contributed by atoms with van der Waals surface area (Å²) in [5.41, 5.74) is 0. The van der Waals surface area contributed by atoms with E-state index in [2.05, 4.69) is 20.0 Å². The van der Waals surface area contributed by atoms with Crippen LogP contribution in [0.5, 0.6) is 0 Å². The van der Waals surface area contributed by atoms with Gasteiger partial charge in [-0.1, -0.05) is 32.5 Å². The Morgan fingerprint density at radius 3 is 2.40 bits per heavy atom. The van der Waals surface area contributed by atoms with Gasteiger partial charge in [0.2, 0.25) is 0 Å². The summed E-state index contributed by atoms with van der Waals surface area (Å²) < 4.78 is 0. The Morgan fingerprint density at radius 1 is 1.40 bits per heavy atom. The largest absolute Gasteiger partial charge is 0.393 e. The van der Waals surface area contributed by atoms with Crippen molar-refractivity contribution in [2.24, 2.45) is 5.92 Å². The normalized spacial score (nSPS) is 39.6. The summed E-state index contributed by atoms with van der Waals surface area (Å²) in [5.74, 6) is 0.556. The molecular formula is C8H18OSi. The van der Waals surface area contributed by atoms with Gasteiger partial charge in [0.1, 0.15) is 0 Å². The first-order valence-electron chi connectivity index (χ1n) is 4.19. The summed E-state index contributed by atoms with van der Waals surface area (Å²) in [6.07, 6.45) is 1.26. The fraction of sp³-hybridized carbons (Fsp3) is 1.00. The van der Waals surface area contributed by atoms with Crippen molar-refractivity contribution in [3.63, 3.8) is 0 Å². The van der Waals surface area contributed by atoms with E-state index in [9.17, 15) is 5.11 Å². The molecule has 2 heteroatoms. The standard InChI is InChI=1S/C8H18OSi/c1-7-4-5-10(2,3)6-8(7)9/h7-9H,4-6H2,1-3H3/t7-,8-/m0/s1. The van der Waals surface area contributed by atoms with Crippen LogP contribution < -0.4 is 0 Å². The van der Waals surface area contributed by atoms with Crippen LogP contribution >= 0.6 is 0 Å². The molecule has 0 saturated carbocycles. The highest BCUT2D eigenvalue weighted by atomic mass is 28.3. The minimum Gasteiger partial charge on any atom is -0.393 e. The summed E-state index contributed by atoms with van der Waals surface area (Å²) in [7, 11) is -0.945. The highest BCUT2D eigenvalue weighted by Gasteiger charge is 2.32. The third-order valence-corrected chi connectivity index (χ3v) is 5.86. The lowest BCUT2D eigenvalue weighted by atomic mass is 10.0. The van der Waals surface area contributed by atoms with E-state index in [4.69, 9.17) is 0 Å². The Labute approximate surface area is 64.5 Å². The fourth-order valence-corrected chi connectivity index (χ4v) is 4.66. The monoisotopic (exact) mass is 158 g/mol. The van der Waals surface area contributed by atoms with Gasteiger partial charge in [0.05, 0.1) is 6.10 Å². The molecule has 1 N–H and O–H groups in total. The summed E-state index contributed by atoms with van der Waals surface area (Å²) >= 11 is 0. The molecule has 1 rings (SSSR count). The SMILES string of the molecule is C[C@H]1CC[Si](C)(C)C[C@@H]1O. The molecule has 2 atom stereocenters. The number of rotatable bonds is 0. The van der Waals surface area contributed by atoms with Crippen molar-refractivity contribution in [1.29, 1.82) is 0 Å². The van der Waals surface area contributed by atoms with E-state index in [1.165, 1.54) is 12.5 Å². The molecule has 1 saturated heterocycles. The predicted molar refractivity (Wildman–Crippen MR) is 46.9 cm³/mol. The quantitative estimate of drug-likeness (QED) is 0.535. The van der Waals surface area contributed by atoms with Crippen molar-refractivity contribution >= 4 is 8.07 Å². The lowest BCUT2D eigenvalue weighted by Gasteiger charge is -2.35. The Morgan fingerprint density at radius 2 is 2.00 bits per heavy atom. The molecule has 0 unspecified atom stereocenters. The fourth-order valence-electron chi connectivity index (χ4n) is 1.68. The second kappa shape index (κ2) is 2.66. The van der Waals surface area contributed by atoms with Gasteiger partial charge < -0.3 is 5.11 Å². The van der Waals surface area contributed by atoms with Gasteiger partial charge in [-0.15, -0.1) is 0 Å². The Balaban J connectivity index is 2.49. The van der Waals surface area contributed by atoms with E-state index < -0.39 is 8.07 Å². The third-order valence-electron chi connectivity index (χ3n) is 2.70. The molecule has 10 heavy (non-hydrogen) atoms. The predicted octanol–water partition coefficient (Wildman–Crippen LogP) is 2.10. The Kier molecular flexibility index (Phi) is 2.20. The molecule has 1 nitrogen and oxygen atoms in total. The van der Waals surface area contributed by atoms with Crippen molar-refractivity contribution in [2.45, 2.75) is 44.6 Å². The Bertz CT molecular complexity index is 122. The molecule has 0 aromatic heterocycles. The average Bonchev–Trinajstić information content (AvgIpc) is 1.79. The third kappa shape index (κ3) is 1.83. The zero-order chi connectivity index (χ0) is 7.78. The van der Waals surface area contributed by atoms with Gasteiger partial charge in [-0.2, -0.15) is 0 Å². The lowest BCUT2D eigenvalue weighted by Crippen LogP contribution is -2.39. The molecule has 60 valence electrons. The van der Waals surface area contributed by atoms with Crippen LogP contribution in [0.15, 0.2) is 0 Å². The summed E-state index contributed by atoms with van der Waals surface area (Å²) in [6.45, 7) is 6.92. The van der Waals surface area contributed by atoms with Gasteiger partial charge in [-0.05, 0) is 12.0 Å². The minimum absolute atomic E-state index is 0.00965. The van der Waals surface area contributed by atoms with E-state index in [1.807, 2.05) is 0 Å². The zero-order valence-electron chi connectivity index (χ0n) is 7.22. The first kappa shape index (κ1) is 8.28. The van der Waals surface area contributed by atoms with Gasteiger partial charge in [0.25, 0.3) is 0 Å². The van der Waals surface area contributed by atoms with Crippen LogP contribution in [0.25, 0.3) is 0 Å². The molecule has 0 amide bonds. The number of hydrogen-bond acceptors (Lipinski definition) is 1. The first-order chi connectivity index (χ1) is 4.51. The molecule has 0 bridgehead atoms. The number of aliphatic hydroxyl groups is 1. The molecule has 1 aliphatic heterocycles.